The van der Waals surface area contributed by atoms with Gasteiger partial charge in [0.15, 0.2) is 5.76 Å². The minimum atomic E-state index is -0.594. The van der Waals surface area contributed by atoms with E-state index in [2.05, 4.69) is 21.2 Å². The molecule has 0 fully saturated rings. The molecule has 6 nitrogen and oxygen atoms in total. The van der Waals surface area contributed by atoms with Crippen LogP contribution in [0, 0.1) is 0 Å². The number of hydrogen-bond acceptors (Lipinski definition) is 5. The molecule has 1 aromatic heterocycles. The molecule has 0 atom stereocenters. The molecule has 1 aromatic carbocycles. The van der Waals surface area contributed by atoms with Crippen molar-refractivity contribution in [3.05, 3.63) is 52.4 Å². The van der Waals surface area contributed by atoms with E-state index in [-0.39, 0.29) is 18.9 Å². The lowest BCUT2D eigenvalue weighted by molar-refractivity contribution is -0.153. The first-order valence-electron chi connectivity index (χ1n) is 7.70. The zero-order valence-corrected chi connectivity index (χ0v) is 15.9. The lowest BCUT2D eigenvalue weighted by Gasteiger charge is -2.19. The Balaban J connectivity index is 1.83. The number of esters is 1. The summed E-state index contributed by atoms with van der Waals surface area (Å²) in [5, 5.41) is 2.46. The maximum atomic E-state index is 12.0. The first-order valence-corrected chi connectivity index (χ1v) is 8.49. The summed E-state index contributed by atoms with van der Waals surface area (Å²) in [4.78, 5) is 23.6. The highest BCUT2D eigenvalue weighted by Gasteiger charge is 2.18. The summed E-state index contributed by atoms with van der Waals surface area (Å²) in [6, 6.07) is 10.6. The minimum Gasteiger partial charge on any atom is -0.486 e. The Morgan fingerprint density at radius 2 is 1.96 bits per heavy atom. The molecule has 134 valence electrons. The van der Waals surface area contributed by atoms with Crippen LogP contribution in [-0.4, -0.2) is 24.0 Å². The molecule has 25 heavy (non-hydrogen) atoms. The second-order valence-corrected chi connectivity index (χ2v) is 7.20. The van der Waals surface area contributed by atoms with E-state index in [9.17, 15) is 9.59 Å². The Kier molecular flexibility index (Phi) is 6.25. The molecular formula is C18H20BrNO5. The van der Waals surface area contributed by atoms with Gasteiger partial charge in [-0.15, -0.1) is 0 Å². The van der Waals surface area contributed by atoms with E-state index in [0.29, 0.717) is 11.5 Å². The van der Waals surface area contributed by atoms with Crippen LogP contribution in [-0.2, 0) is 16.1 Å². The molecule has 0 saturated heterocycles. The third kappa shape index (κ3) is 6.62. The molecule has 0 aliphatic rings. The fourth-order valence-corrected chi connectivity index (χ4v) is 2.28. The molecule has 1 amide bonds. The number of halogens is 1. The van der Waals surface area contributed by atoms with Crippen molar-refractivity contribution in [3.8, 4) is 5.75 Å². The molecule has 2 rings (SSSR count). The third-order valence-electron chi connectivity index (χ3n) is 2.88. The number of amides is 1. The number of nitrogens with one attached hydrogen (secondary N) is 1. The maximum Gasteiger partial charge on any atom is 0.325 e. The molecule has 1 heterocycles. The van der Waals surface area contributed by atoms with Crippen LogP contribution in [0.5, 0.6) is 5.75 Å². The van der Waals surface area contributed by atoms with Gasteiger partial charge >= 0.3 is 5.97 Å². The second kappa shape index (κ2) is 8.20. The zero-order chi connectivity index (χ0) is 18.4. The first kappa shape index (κ1) is 19.1. The normalized spacial score (nSPS) is 11.0. The van der Waals surface area contributed by atoms with E-state index in [4.69, 9.17) is 13.9 Å². The fourth-order valence-electron chi connectivity index (χ4n) is 1.91. The van der Waals surface area contributed by atoms with Crippen molar-refractivity contribution in [1.82, 2.24) is 5.32 Å². The van der Waals surface area contributed by atoms with E-state index in [1.54, 1.807) is 26.8 Å². The lowest BCUT2D eigenvalue weighted by atomic mass is 10.2. The third-order valence-corrected chi connectivity index (χ3v) is 3.37. The molecule has 0 unspecified atom stereocenters. The predicted octanol–water partition coefficient (Wildman–Crippen LogP) is 3.69. The van der Waals surface area contributed by atoms with Gasteiger partial charge in [0.1, 0.15) is 30.3 Å². The number of benzene rings is 1. The molecule has 0 saturated carbocycles. The Bertz CT molecular complexity index is 748. The van der Waals surface area contributed by atoms with Gasteiger partial charge in [-0.05, 0) is 51.1 Å². The number of hydrogen-bond donors (Lipinski definition) is 1. The van der Waals surface area contributed by atoms with Crippen molar-refractivity contribution in [3.63, 3.8) is 0 Å². The average molecular weight is 410 g/mol. The Labute approximate surface area is 154 Å². The lowest BCUT2D eigenvalue weighted by Crippen LogP contribution is -2.34. The molecule has 2 aromatic rings. The summed E-state index contributed by atoms with van der Waals surface area (Å²) in [5.74, 6) is 0.297. The standard InChI is InChI=1S/C18H20BrNO5/c1-18(2,3)25-16(21)10-20-17(22)15-8-7-14(24-15)11-23-13-6-4-5-12(19)9-13/h4-9H,10-11H2,1-3H3,(H,20,22). The monoisotopic (exact) mass is 409 g/mol. The minimum absolute atomic E-state index is 0.108. The summed E-state index contributed by atoms with van der Waals surface area (Å²) < 4.78 is 17.0. The first-order chi connectivity index (χ1) is 11.7. The van der Waals surface area contributed by atoms with E-state index in [1.807, 2.05) is 24.3 Å². The maximum absolute atomic E-state index is 12.0. The van der Waals surface area contributed by atoms with Gasteiger partial charge in [-0.25, -0.2) is 0 Å². The molecular weight excluding hydrogens is 390 g/mol. The topological polar surface area (TPSA) is 77.8 Å². The van der Waals surface area contributed by atoms with E-state index in [0.717, 1.165) is 4.47 Å². The summed E-state index contributed by atoms with van der Waals surface area (Å²) >= 11 is 3.36. The van der Waals surface area contributed by atoms with Crippen LogP contribution in [0.1, 0.15) is 37.1 Å². The number of carbonyl (C=O) groups is 2. The SMILES string of the molecule is CC(C)(C)OC(=O)CNC(=O)c1ccc(COc2cccc(Br)c2)o1. The highest BCUT2D eigenvalue weighted by Crippen LogP contribution is 2.19. The van der Waals surface area contributed by atoms with Gasteiger partial charge in [0.05, 0.1) is 0 Å². The van der Waals surface area contributed by atoms with E-state index < -0.39 is 17.5 Å². The molecule has 0 bridgehead atoms. The molecule has 0 spiro atoms. The average Bonchev–Trinajstić information content (AvgIpc) is 2.98. The van der Waals surface area contributed by atoms with Crippen LogP contribution in [0.4, 0.5) is 0 Å². The summed E-state index contributed by atoms with van der Waals surface area (Å²) in [6.45, 7) is 5.25. The van der Waals surface area contributed by atoms with Crippen molar-refractivity contribution in [1.29, 1.82) is 0 Å². The number of rotatable bonds is 6. The van der Waals surface area contributed by atoms with Crippen LogP contribution in [0.15, 0.2) is 45.3 Å². The van der Waals surface area contributed by atoms with Crippen molar-refractivity contribution < 1.29 is 23.5 Å². The van der Waals surface area contributed by atoms with E-state index >= 15 is 0 Å². The van der Waals surface area contributed by atoms with Crippen molar-refractivity contribution in [2.45, 2.75) is 33.0 Å². The smallest absolute Gasteiger partial charge is 0.325 e. The van der Waals surface area contributed by atoms with Gasteiger partial charge in [-0.1, -0.05) is 22.0 Å². The molecule has 7 heteroatoms. The van der Waals surface area contributed by atoms with Gasteiger partial charge in [0.25, 0.3) is 5.91 Å². The van der Waals surface area contributed by atoms with E-state index in [1.165, 1.54) is 6.07 Å². The van der Waals surface area contributed by atoms with Gasteiger partial charge in [-0.2, -0.15) is 0 Å². The van der Waals surface area contributed by atoms with Crippen molar-refractivity contribution in [2.24, 2.45) is 0 Å². The van der Waals surface area contributed by atoms with Crippen LogP contribution >= 0.6 is 15.9 Å². The van der Waals surface area contributed by atoms with Crippen molar-refractivity contribution >= 4 is 27.8 Å². The van der Waals surface area contributed by atoms with Gasteiger partial charge < -0.3 is 19.2 Å². The molecule has 0 aliphatic carbocycles. The van der Waals surface area contributed by atoms with Crippen molar-refractivity contribution in [2.75, 3.05) is 6.54 Å². The Morgan fingerprint density at radius 1 is 1.20 bits per heavy atom. The van der Waals surface area contributed by atoms with Crippen LogP contribution in [0.2, 0.25) is 0 Å². The van der Waals surface area contributed by atoms with Gasteiger partial charge in [-0.3, -0.25) is 9.59 Å². The van der Waals surface area contributed by atoms with Crippen LogP contribution in [0.25, 0.3) is 0 Å². The summed E-state index contributed by atoms with van der Waals surface area (Å²) in [7, 11) is 0. The number of furan rings is 1. The molecule has 0 radical (unpaired) electrons. The quantitative estimate of drug-likeness (QED) is 0.735. The fraction of sp³-hybridized carbons (Fsp3) is 0.333. The summed E-state index contributed by atoms with van der Waals surface area (Å²) in [6.07, 6.45) is 0. The Morgan fingerprint density at radius 3 is 2.64 bits per heavy atom. The summed E-state index contributed by atoms with van der Waals surface area (Å²) in [5.41, 5.74) is -0.594. The van der Waals surface area contributed by atoms with Gasteiger partial charge in [0, 0.05) is 4.47 Å². The van der Waals surface area contributed by atoms with Crippen LogP contribution < -0.4 is 10.1 Å². The zero-order valence-electron chi connectivity index (χ0n) is 14.3. The molecule has 1 N–H and O–H groups in total. The van der Waals surface area contributed by atoms with Crippen LogP contribution in [0.3, 0.4) is 0 Å². The predicted molar refractivity (Wildman–Crippen MR) is 95.4 cm³/mol. The van der Waals surface area contributed by atoms with Gasteiger partial charge in [0.2, 0.25) is 0 Å². The number of ether oxygens (including phenoxy) is 2. The second-order valence-electron chi connectivity index (χ2n) is 6.28. The Hall–Kier alpha value is -2.28. The highest BCUT2D eigenvalue weighted by molar-refractivity contribution is 9.10. The molecule has 0 aliphatic heterocycles. The highest BCUT2D eigenvalue weighted by atomic mass is 79.9. The largest absolute Gasteiger partial charge is 0.486 e. The number of carbonyl (C=O) groups excluding carboxylic acids is 2.